The van der Waals surface area contributed by atoms with Gasteiger partial charge in [0.15, 0.2) is 0 Å². The smallest absolute Gasteiger partial charge is 0.328 e. The molecular formula is C11H9NO3. The molecule has 0 amide bonds. The molecule has 4 heteroatoms. The van der Waals surface area contributed by atoms with Gasteiger partial charge in [0.2, 0.25) is 0 Å². The molecule has 0 fully saturated rings. The minimum atomic E-state index is -1.05. The number of carbonyl (C=O) groups is 1. The molecule has 0 heterocycles. The normalized spacial score (nSPS) is 9.87. The van der Waals surface area contributed by atoms with Crippen LogP contribution in [0.5, 0.6) is 5.75 Å². The van der Waals surface area contributed by atoms with E-state index in [1.165, 1.54) is 13.2 Å². The minimum absolute atomic E-state index is 0.381. The molecule has 0 aliphatic rings. The van der Waals surface area contributed by atoms with Crippen molar-refractivity contribution < 1.29 is 14.6 Å². The van der Waals surface area contributed by atoms with Crippen molar-refractivity contribution in [3.8, 4) is 11.8 Å². The first-order valence-corrected chi connectivity index (χ1v) is 4.16. The van der Waals surface area contributed by atoms with Gasteiger partial charge in [-0.25, -0.2) is 4.79 Å². The highest BCUT2D eigenvalue weighted by Crippen LogP contribution is 2.17. The monoisotopic (exact) mass is 203 g/mol. The van der Waals surface area contributed by atoms with Crippen molar-refractivity contribution in [2.75, 3.05) is 7.11 Å². The highest BCUT2D eigenvalue weighted by atomic mass is 16.5. The highest BCUT2D eigenvalue weighted by molar-refractivity contribution is 5.85. The maximum absolute atomic E-state index is 10.3. The molecule has 0 atom stereocenters. The lowest BCUT2D eigenvalue weighted by Gasteiger charge is -2.01. The summed E-state index contributed by atoms with van der Waals surface area (Å²) in [6.45, 7) is 0. The lowest BCUT2D eigenvalue weighted by Crippen LogP contribution is -1.89. The fourth-order valence-corrected chi connectivity index (χ4v) is 1.07. The molecule has 0 bridgehead atoms. The van der Waals surface area contributed by atoms with Crippen LogP contribution in [-0.2, 0) is 4.79 Å². The Morgan fingerprint density at radius 1 is 1.60 bits per heavy atom. The molecule has 0 unspecified atom stereocenters. The van der Waals surface area contributed by atoms with Crippen molar-refractivity contribution in [2.45, 2.75) is 0 Å². The molecule has 76 valence electrons. The molecule has 1 aromatic carbocycles. The van der Waals surface area contributed by atoms with E-state index in [2.05, 4.69) is 0 Å². The molecule has 0 aliphatic heterocycles. The van der Waals surface area contributed by atoms with Gasteiger partial charge in [-0.15, -0.1) is 0 Å². The Kier molecular flexibility index (Phi) is 3.47. The van der Waals surface area contributed by atoms with Crippen LogP contribution >= 0.6 is 0 Å². The lowest BCUT2D eigenvalue weighted by molar-refractivity contribution is -0.131. The van der Waals surface area contributed by atoms with E-state index in [1.807, 2.05) is 6.07 Å². The summed E-state index contributed by atoms with van der Waals surface area (Å²) in [5.74, 6) is -0.478. The number of benzene rings is 1. The van der Waals surface area contributed by atoms with Crippen LogP contribution < -0.4 is 4.74 Å². The molecule has 4 nitrogen and oxygen atoms in total. The van der Waals surface area contributed by atoms with Gasteiger partial charge >= 0.3 is 5.97 Å². The maximum Gasteiger partial charge on any atom is 0.328 e. The van der Waals surface area contributed by atoms with E-state index in [9.17, 15) is 4.79 Å². The fraction of sp³-hybridized carbons (Fsp3) is 0.0909. The summed E-state index contributed by atoms with van der Waals surface area (Å²) in [5.41, 5.74) is 0.938. The molecule has 1 rings (SSSR count). The average molecular weight is 203 g/mol. The van der Waals surface area contributed by atoms with E-state index in [1.54, 1.807) is 18.2 Å². The largest absolute Gasteiger partial charge is 0.497 e. The molecule has 0 aliphatic carbocycles. The van der Waals surface area contributed by atoms with Crippen molar-refractivity contribution in [2.24, 2.45) is 0 Å². The van der Waals surface area contributed by atoms with Crippen LogP contribution in [0.2, 0.25) is 0 Å². The number of carboxylic acid groups (broad SMARTS) is 1. The van der Waals surface area contributed by atoms with Gasteiger partial charge in [-0.1, -0.05) is 0 Å². The van der Waals surface area contributed by atoms with E-state index in [4.69, 9.17) is 15.1 Å². The fourth-order valence-electron chi connectivity index (χ4n) is 1.07. The van der Waals surface area contributed by atoms with Crippen LogP contribution in [0.4, 0.5) is 0 Å². The first-order valence-electron chi connectivity index (χ1n) is 4.16. The van der Waals surface area contributed by atoms with Gasteiger partial charge in [-0.2, -0.15) is 5.26 Å². The predicted molar refractivity (Wildman–Crippen MR) is 54.4 cm³/mol. The van der Waals surface area contributed by atoms with Gasteiger partial charge in [0.05, 0.1) is 18.7 Å². The highest BCUT2D eigenvalue weighted by Gasteiger charge is 2.01. The van der Waals surface area contributed by atoms with Gasteiger partial charge in [-0.3, -0.25) is 0 Å². The zero-order valence-electron chi connectivity index (χ0n) is 8.10. The van der Waals surface area contributed by atoms with Crippen LogP contribution in [0.3, 0.4) is 0 Å². The Bertz CT molecular complexity index is 444. The Morgan fingerprint density at radius 3 is 2.87 bits per heavy atom. The second-order valence-electron chi connectivity index (χ2n) is 2.74. The lowest BCUT2D eigenvalue weighted by atomic mass is 10.1. The number of methoxy groups -OCH3 is 1. The number of nitriles is 1. The quantitative estimate of drug-likeness (QED) is 0.758. The van der Waals surface area contributed by atoms with Crippen LogP contribution in [-0.4, -0.2) is 18.2 Å². The second kappa shape index (κ2) is 4.82. The van der Waals surface area contributed by atoms with Crippen molar-refractivity contribution in [1.82, 2.24) is 0 Å². The minimum Gasteiger partial charge on any atom is -0.497 e. The van der Waals surface area contributed by atoms with Crippen molar-refractivity contribution in [3.05, 3.63) is 35.4 Å². The number of ether oxygens (including phenoxy) is 1. The van der Waals surface area contributed by atoms with Crippen LogP contribution in [0.15, 0.2) is 24.3 Å². The zero-order valence-corrected chi connectivity index (χ0v) is 8.10. The second-order valence-corrected chi connectivity index (χ2v) is 2.74. The summed E-state index contributed by atoms with van der Waals surface area (Å²) in [7, 11) is 1.50. The third kappa shape index (κ3) is 2.85. The SMILES string of the molecule is COc1ccc(/C=C/C(=O)O)c(C#N)c1. The Balaban J connectivity index is 3.09. The molecule has 0 aromatic heterocycles. The summed E-state index contributed by atoms with van der Waals surface area (Å²) in [4.78, 5) is 10.3. The van der Waals surface area contributed by atoms with E-state index in [0.717, 1.165) is 6.08 Å². The summed E-state index contributed by atoms with van der Waals surface area (Å²) in [5, 5.41) is 17.3. The third-order valence-electron chi connectivity index (χ3n) is 1.79. The van der Waals surface area contributed by atoms with Crippen molar-refractivity contribution >= 4 is 12.0 Å². The average Bonchev–Trinajstić information content (AvgIpc) is 2.25. The summed E-state index contributed by atoms with van der Waals surface area (Å²) in [6, 6.07) is 6.83. The first-order chi connectivity index (χ1) is 7.17. The van der Waals surface area contributed by atoms with Crippen molar-refractivity contribution in [1.29, 1.82) is 5.26 Å². The Morgan fingerprint density at radius 2 is 2.33 bits per heavy atom. The van der Waals surface area contributed by atoms with Crippen LogP contribution in [0.1, 0.15) is 11.1 Å². The number of carboxylic acids is 1. The summed E-state index contributed by atoms with van der Waals surface area (Å²) in [6.07, 6.45) is 2.36. The molecule has 15 heavy (non-hydrogen) atoms. The maximum atomic E-state index is 10.3. The van der Waals surface area contributed by atoms with E-state index >= 15 is 0 Å². The standard InChI is InChI=1S/C11H9NO3/c1-15-10-4-2-8(3-5-11(13)14)9(6-10)7-12/h2-6H,1H3,(H,13,14)/b5-3+. The molecule has 1 N–H and O–H groups in total. The van der Waals surface area contributed by atoms with E-state index < -0.39 is 5.97 Å². The number of rotatable bonds is 3. The number of hydrogen-bond acceptors (Lipinski definition) is 3. The van der Waals surface area contributed by atoms with Crippen LogP contribution in [0.25, 0.3) is 6.08 Å². The Labute approximate surface area is 87.0 Å². The van der Waals surface area contributed by atoms with Gasteiger partial charge in [0.25, 0.3) is 0 Å². The van der Waals surface area contributed by atoms with Gasteiger partial charge in [0.1, 0.15) is 5.75 Å². The number of hydrogen-bond donors (Lipinski definition) is 1. The Hall–Kier alpha value is -2.28. The van der Waals surface area contributed by atoms with Gasteiger partial charge in [0, 0.05) is 6.08 Å². The number of nitrogens with zero attached hydrogens (tertiary/aromatic N) is 1. The molecule has 0 spiro atoms. The zero-order chi connectivity index (χ0) is 11.3. The predicted octanol–water partition coefficient (Wildman–Crippen LogP) is 1.66. The third-order valence-corrected chi connectivity index (χ3v) is 1.79. The van der Waals surface area contributed by atoms with Crippen molar-refractivity contribution in [3.63, 3.8) is 0 Å². The topological polar surface area (TPSA) is 70.3 Å². The van der Waals surface area contributed by atoms with E-state index in [-0.39, 0.29) is 0 Å². The molecule has 1 aromatic rings. The van der Waals surface area contributed by atoms with Gasteiger partial charge in [-0.05, 0) is 29.8 Å². The summed E-state index contributed by atoms with van der Waals surface area (Å²) < 4.78 is 4.95. The van der Waals surface area contributed by atoms with E-state index in [0.29, 0.717) is 16.9 Å². The van der Waals surface area contributed by atoms with Crippen LogP contribution in [0, 0.1) is 11.3 Å². The number of aliphatic carboxylic acids is 1. The first kappa shape index (κ1) is 10.8. The van der Waals surface area contributed by atoms with Gasteiger partial charge < -0.3 is 9.84 Å². The molecule has 0 saturated carbocycles. The molecule has 0 saturated heterocycles. The summed E-state index contributed by atoms with van der Waals surface area (Å²) >= 11 is 0. The molecular weight excluding hydrogens is 194 g/mol. The molecule has 0 radical (unpaired) electrons.